The molecule has 154 valence electrons. The predicted molar refractivity (Wildman–Crippen MR) is 110 cm³/mol. The van der Waals surface area contributed by atoms with Crippen LogP contribution in [0, 0.1) is 0 Å². The second kappa shape index (κ2) is 9.82. The highest BCUT2D eigenvalue weighted by Gasteiger charge is 2.22. The van der Waals surface area contributed by atoms with E-state index in [1.807, 2.05) is 31.2 Å². The van der Waals surface area contributed by atoms with Crippen LogP contribution in [0.15, 0.2) is 42.5 Å². The molecule has 1 aliphatic rings. The van der Waals surface area contributed by atoms with Gasteiger partial charge in [0.15, 0.2) is 18.1 Å². The smallest absolute Gasteiger partial charge is 0.260 e. The van der Waals surface area contributed by atoms with Crippen molar-refractivity contribution in [3.05, 3.63) is 48.0 Å². The summed E-state index contributed by atoms with van der Waals surface area (Å²) in [6, 6.07) is 12.8. The number of piperazine rings is 1. The monoisotopic (exact) mass is 398 g/mol. The van der Waals surface area contributed by atoms with E-state index in [9.17, 15) is 9.59 Å². The first kappa shape index (κ1) is 20.5. The number of rotatable bonds is 8. The molecule has 2 aromatic rings. The van der Waals surface area contributed by atoms with Crippen LogP contribution in [0.25, 0.3) is 0 Å². The second-order valence-electron chi connectivity index (χ2n) is 6.61. The van der Waals surface area contributed by atoms with Crippen LogP contribution in [-0.2, 0) is 4.79 Å². The fourth-order valence-corrected chi connectivity index (χ4v) is 3.22. The molecule has 0 N–H and O–H groups in total. The van der Waals surface area contributed by atoms with Crippen LogP contribution in [0.4, 0.5) is 5.69 Å². The van der Waals surface area contributed by atoms with Gasteiger partial charge in [0.05, 0.1) is 13.7 Å². The Labute approximate surface area is 170 Å². The topological polar surface area (TPSA) is 68.3 Å². The van der Waals surface area contributed by atoms with E-state index >= 15 is 0 Å². The van der Waals surface area contributed by atoms with Gasteiger partial charge in [0.1, 0.15) is 12.0 Å². The molecule has 7 nitrogen and oxygen atoms in total. The first-order valence-corrected chi connectivity index (χ1v) is 9.66. The largest absolute Gasteiger partial charge is 0.497 e. The zero-order valence-electron chi connectivity index (χ0n) is 16.8. The molecule has 7 heteroatoms. The molecule has 1 fully saturated rings. The van der Waals surface area contributed by atoms with Crippen molar-refractivity contribution in [1.29, 1.82) is 0 Å². The van der Waals surface area contributed by atoms with Crippen molar-refractivity contribution in [3.8, 4) is 17.2 Å². The molecule has 1 saturated heterocycles. The maximum Gasteiger partial charge on any atom is 0.260 e. The molecule has 0 aromatic heterocycles. The normalized spacial score (nSPS) is 13.7. The van der Waals surface area contributed by atoms with Gasteiger partial charge in [-0.15, -0.1) is 0 Å². The third kappa shape index (κ3) is 5.19. The Morgan fingerprint density at radius 2 is 1.72 bits per heavy atom. The van der Waals surface area contributed by atoms with Gasteiger partial charge in [-0.1, -0.05) is 0 Å². The van der Waals surface area contributed by atoms with Gasteiger partial charge in [0.2, 0.25) is 0 Å². The highest BCUT2D eigenvalue weighted by Crippen LogP contribution is 2.28. The van der Waals surface area contributed by atoms with Gasteiger partial charge in [0.25, 0.3) is 5.91 Å². The first-order valence-electron chi connectivity index (χ1n) is 9.66. The lowest BCUT2D eigenvalue weighted by atomic mass is 10.2. The molecule has 3 rings (SSSR count). The third-order valence-electron chi connectivity index (χ3n) is 4.82. The average Bonchev–Trinajstić information content (AvgIpc) is 2.78. The Hall–Kier alpha value is -3.22. The molecule has 0 bridgehead atoms. The number of amides is 1. The van der Waals surface area contributed by atoms with E-state index in [1.165, 1.54) is 0 Å². The van der Waals surface area contributed by atoms with Crippen LogP contribution in [-0.4, -0.2) is 63.6 Å². The number of carbonyl (C=O) groups is 2. The molecule has 0 radical (unpaired) electrons. The van der Waals surface area contributed by atoms with Crippen LogP contribution >= 0.6 is 0 Å². The molecule has 0 atom stereocenters. The van der Waals surface area contributed by atoms with Crippen LogP contribution in [0.3, 0.4) is 0 Å². The van der Waals surface area contributed by atoms with E-state index < -0.39 is 0 Å². The molecule has 0 unspecified atom stereocenters. The SMILES string of the molecule is CCOc1cc(C=O)ccc1OCC(=O)N1CCN(c2ccc(OC)cc2)CC1. The summed E-state index contributed by atoms with van der Waals surface area (Å²) in [5.74, 6) is 1.69. The van der Waals surface area contributed by atoms with Crippen LogP contribution in [0.1, 0.15) is 17.3 Å². The predicted octanol–water partition coefficient (Wildman–Crippen LogP) is 2.63. The van der Waals surface area contributed by atoms with Crippen molar-refractivity contribution in [3.63, 3.8) is 0 Å². The molecular weight excluding hydrogens is 372 g/mol. The highest BCUT2D eigenvalue weighted by atomic mass is 16.5. The fourth-order valence-electron chi connectivity index (χ4n) is 3.22. The lowest BCUT2D eigenvalue weighted by Crippen LogP contribution is -2.50. The Bertz CT molecular complexity index is 830. The second-order valence-corrected chi connectivity index (χ2v) is 6.61. The third-order valence-corrected chi connectivity index (χ3v) is 4.82. The van der Waals surface area contributed by atoms with Gasteiger partial charge in [-0.25, -0.2) is 0 Å². The average molecular weight is 398 g/mol. The van der Waals surface area contributed by atoms with Gasteiger partial charge in [-0.3, -0.25) is 9.59 Å². The summed E-state index contributed by atoms with van der Waals surface area (Å²) >= 11 is 0. The van der Waals surface area contributed by atoms with Gasteiger partial charge in [-0.2, -0.15) is 0 Å². The Morgan fingerprint density at radius 3 is 2.34 bits per heavy atom. The van der Waals surface area contributed by atoms with Crippen LogP contribution in [0.5, 0.6) is 17.2 Å². The summed E-state index contributed by atoms with van der Waals surface area (Å²) in [4.78, 5) is 27.6. The number of nitrogens with zero attached hydrogens (tertiary/aromatic N) is 2. The zero-order chi connectivity index (χ0) is 20.6. The summed E-state index contributed by atoms with van der Waals surface area (Å²) in [6.07, 6.45) is 0.750. The van der Waals surface area contributed by atoms with E-state index in [0.29, 0.717) is 36.8 Å². The van der Waals surface area contributed by atoms with Crippen molar-refractivity contribution in [2.24, 2.45) is 0 Å². The maximum absolute atomic E-state index is 12.6. The molecular formula is C22H26N2O5. The number of ether oxygens (including phenoxy) is 3. The number of anilines is 1. The van der Waals surface area contributed by atoms with Crippen molar-refractivity contribution >= 4 is 17.9 Å². The van der Waals surface area contributed by atoms with Crippen molar-refractivity contribution in [1.82, 2.24) is 4.90 Å². The fraction of sp³-hybridized carbons (Fsp3) is 0.364. The Kier molecular flexibility index (Phi) is 6.94. The van der Waals surface area contributed by atoms with Gasteiger partial charge < -0.3 is 24.0 Å². The molecule has 29 heavy (non-hydrogen) atoms. The van der Waals surface area contributed by atoms with Gasteiger partial charge in [0, 0.05) is 37.4 Å². The molecule has 1 amide bonds. The van der Waals surface area contributed by atoms with Gasteiger partial charge in [-0.05, 0) is 49.4 Å². The lowest BCUT2D eigenvalue weighted by Gasteiger charge is -2.36. The summed E-state index contributed by atoms with van der Waals surface area (Å²) in [5, 5.41) is 0. The minimum Gasteiger partial charge on any atom is -0.497 e. The minimum atomic E-state index is -0.0682. The first-order chi connectivity index (χ1) is 14.1. The quantitative estimate of drug-likeness (QED) is 0.637. The molecule has 2 aromatic carbocycles. The Morgan fingerprint density at radius 1 is 1.00 bits per heavy atom. The Balaban J connectivity index is 1.53. The number of hydrogen-bond donors (Lipinski definition) is 0. The summed E-state index contributed by atoms with van der Waals surface area (Å²) in [6.45, 7) is 5.02. The van der Waals surface area contributed by atoms with Crippen molar-refractivity contribution in [2.45, 2.75) is 6.92 Å². The van der Waals surface area contributed by atoms with Crippen LogP contribution in [0.2, 0.25) is 0 Å². The number of carbonyl (C=O) groups excluding carboxylic acids is 2. The van der Waals surface area contributed by atoms with Crippen molar-refractivity contribution in [2.75, 3.05) is 51.4 Å². The number of methoxy groups -OCH3 is 1. The van der Waals surface area contributed by atoms with E-state index in [2.05, 4.69) is 4.90 Å². The molecule has 0 aliphatic carbocycles. The zero-order valence-corrected chi connectivity index (χ0v) is 16.8. The lowest BCUT2D eigenvalue weighted by molar-refractivity contribution is -0.133. The molecule has 0 saturated carbocycles. The van der Waals surface area contributed by atoms with Crippen LogP contribution < -0.4 is 19.1 Å². The number of benzene rings is 2. The summed E-state index contributed by atoms with van der Waals surface area (Å²) < 4.78 is 16.4. The number of hydrogen-bond acceptors (Lipinski definition) is 6. The highest BCUT2D eigenvalue weighted by molar-refractivity contribution is 5.79. The summed E-state index contributed by atoms with van der Waals surface area (Å²) in [5.41, 5.74) is 1.62. The molecule has 1 aliphatic heterocycles. The van der Waals surface area contributed by atoms with E-state index in [1.54, 1.807) is 30.2 Å². The number of aldehydes is 1. The maximum atomic E-state index is 12.6. The van der Waals surface area contributed by atoms with E-state index in [-0.39, 0.29) is 12.5 Å². The van der Waals surface area contributed by atoms with E-state index in [4.69, 9.17) is 14.2 Å². The molecule has 1 heterocycles. The van der Waals surface area contributed by atoms with Gasteiger partial charge >= 0.3 is 0 Å². The summed E-state index contributed by atoms with van der Waals surface area (Å²) in [7, 11) is 1.65. The molecule has 0 spiro atoms. The standard InChI is InChI=1S/C22H26N2O5/c1-3-28-21-14-17(15-25)4-9-20(21)29-16-22(26)24-12-10-23(11-13-24)18-5-7-19(27-2)8-6-18/h4-9,14-15H,3,10-13,16H2,1-2H3. The van der Waals surface area contributed by atoms with Crippen molar-refractivity contribution < 1.29 is 23.8 Å². The minimum absolute atomic E-state index is 0.0664. The van der Waals surface area contributed by atoms with E-state index in [0.717, 1.165) is 30.8 Å².